The van der Waals surface area contributed by atoms with Crippen LogP contribution in [0.5, 0.6) is 0 Å². The van der Waals surface area contributed by atoms with E-state index >= 15 is 0 Å². The number of benzene rings is 6. The molecule has 6 aromatic carbocycles. The van der Waals surface area contributed by atoms with Gasteiger partial charge >= 0.3 is 29.8 Å². The Morgan fingerprint density at radius 3 is 1.32 bits per heavy atom. The predicted octanol–water partition coefficient (Wildman–Crippen LogP) is 12.2. The van der Waals surface area contributed by atoms with Gasteiger partial charge in [0.25, 0.3) is 0 Å². The van der Waals surface area contributed by atoms with Crippen LogP contribution in [-0.2, 0) is 73.8 Å². The molecule has 2 N–H and O–H groups in total. The summed E-state index contributed by atoms with van der Waals surface area (Å²) in [5.74, 6) is -4.10. The number of rotatable bonds is 18. The fourth-order valence-electron chi connectivity index (χ4n) is 9.21. The summed E-state index contributed by atoms with van der Waals surface area (Å²) in [6, 6.07) is 54.3. The van der Waals surface area contributed by atoms with Crippen molar-refractivity contribution in [2.24, 2.45) is 11.8 Å². The molecule has 1 amide bonds. The van der Waals surface area contributed by atoms with Gasteiger partial charge in [0.1, 0.15) is 36.5 Å². The second kappa shape index (κ2) is 31.3. The molecule has 2 fully saturated rings. The number of carboxylic acid groups (broad SMARTS) is 1. The highest BCUT2D eigenvalue weighted by Gasteiger charge is 2.39. The second-order valence-electron chi connectivity index (χ2n) is 21.9. The third kappa shape index (κ3) is 21.6. The van der Waals surface area contributed by atoms with E-state index in [1.54, 1.807) is 25.7 Å². The summed E-state index contributed by atoms with van der Waals surface area (Å²) < 4.78 is 21.6. The monoisotopic (exact) mass is 1110 g/mol. The van der Waals surface area contributed by atoms with Crippen LogP contribution < -0.4 is 5.32 Å². The van der Waals surface area contributed by atoms with Gasteiger partial charge in [-0.2, -0.15) is 0 Å². The molecule has 4 atom stereocenters. The maximum Gasteiger partial charge on any atom is 0.329 e. The van der Waals surface area contributed by atoms with E-state index in [9.17, 15) is 33.9 Å². The molecule has 14 heteroatoms. The SMILES string of the molecule is CC(C)(C)OC(=O)C[C@@H](Cc1ccc(-c2ccccc2)cc1)C(=O)N1CCC[C@H]1C(=O)OCc1ccccc1.CC(C)(C)OC(=O)C[C@@H](Cc1ccc(-c2ccccc2)cc1)C(=O)O.Cl.O=C(OCc1ccccc1)[C@@H]1CCCN1. The highest BCUT2D eigenvalue weighted by atomic mass is 35.5. The lowest BCUT2D eigenvalue weighted by atomic mass is 9.93. The zero-order chi connectivity index (χ0) is 56.8. The first kappa shape index (κ1) is 63.2. The number of hydrogen-bond acceptors (Lipinski definition) is 11. The van der Waals surface area contributed by atoms with Crippen LogP contribution >= 0.6 is 12.4 Å². The van der Waals surface area contributed by atoms with Gasteiger partial charge in [0.15, 0.2) is 0 Å². The van der Waals surface area contributed by atoms with Gasteiger partial charge in [-0.05, 0) is 131 Å². The lowest BCUT2D eigenvalue weighted by Gasteiger charge is -2.28. The minimum atomic E-state index is -0.988. The lowest BCUT2D eigenvalue weighted by molar-refractivity contribution is -0.160. The first-order valence-electron chi connectivity index (χ1n) is 27.2. The zero-order valence-corrected chi connectivity index (χ0v) is 47.7. The van der Waals surface area contributed by atoms with Crippen molar-refractivity contribution in [2.75, 3.05) is 13.1 Å². The van der Waals surface area contributed by atoms with Crippen LogP contribution in [0.25, 0.3) is 22.3 Å². The molecule has 0 saturated carbocycles. The van der Waals surface area contributed by atoms with E-state index in [-0.39, 0.29) is 49.8 Å². The number of nitrogens with one attached hydrogen (secondary N) is 1. The van der Waals surface area contributed by atoms with Gasteiger partial charge in [-0.15, -0.1) is 12.4 Å². The Hall–Kier alpha value is -7.61. The molecule has 8 rings (SSSR count). The van der Waals surface area contributed by atoms with Gasteiger partial charge in [0.2, 0.25) is 5.91 Å². The van der Waals surface area contributed by atoms with Crippen LogP contribution in [0.4, 0.5) is 0 Å². The molecule has 6 aromatic rings. The van der Waals surface area contributed by atoms with Gasteiger partial charge in [-0.3, -0.25) is 24.0 Å². The first-order valence-corrected chi connectivity index (χ1v) is 27.2. The molecule has 0 unspecified atom stereocenters. The molecule has 0 aliphatic carbocycles. The zero-order valence-electron chi connectivity index (χ0n) is 46.8. The van der Waals surface area contributed by atoms with Crippen LogP contribution in [0.15, 0.2) is 170 Å². The maximum absolute atomic E-state index is 13.8. The van der Waals surface area contributed by atoms with Crippen molar-refractivity contribution in [1.82, 2.24) is 10.2 Å². The molecule has 13 nitrogen and oxygen atoms in total. The Labute approximate surface area is 477 Å². The predicted molar refractivity (Wildman–Crippen MR) is 312 cm³/mol. The molecule has 80 heavy (non-hydrogen) atoms. The van der Waals surface area contributed by atoms with Crippen molar-refractivity contribution in [1.29, 1.82) is 0 Å². The number of ether oxygens (including phenoxy) is 4. The third-order valence-electron chi connectivity index (χ3n) is 13.1. The molecule has 2 saturated heterocycles. The number of hydrogen-bond donors (Lipinski definition) is 2. The Morgan fingerprint density at radius 2 is 0.912 bits per heavy atom. The van der Waals surface area contributed by atoms with Crippen LogP contribution in [-0.4, -0.2) is 82.1 Å². The number of carboxylic acids is 1. The fourth-order valence-corrected chi connectivity index (χ4v) is 9.21. The van der Waals surface area contributed by atoms with Gasteiger partial charge in [-0.25, -0.2) is 4.79 Å². The van der Waals surface area contributed by atoms with Crippen molar-refractivity contribution in [3.63, 3.8) is 0 Å². The average molecular weight is 1110 g/mol. The van der Waals surface area contributed by atoms with Crippen LogP contribution in [0.3, 0.4) is 0 Å². The van der Waals surface area contributed by atoms with E-state index in [2.05, 4.69) is 5.32 Å². The Morgan fingerprint density at radius 1 is 0.512 bits per heavy atom. The number of halogens is 1. The number of carbonyl (C=O) groups is 6. The van der Waals surface area contributed by atoms with Gasteiger partial charge in [0, 0.05) is 6.54 Å². The van der Waals surface area contributed by atoms with Crippen molar-refractivity contribution in [3.8, 4) is 22.3 Å². The molecule has 2 aliphatic heterocycles. The Balaban J connectivity index is 0.000000244. The van der Waals surface area contributed by atoms with Crippen LogP contribution in [0.2, 0.25) is 0 Å². The largest absolute Gasteiger partial charge is 0.481 e. The number of amides is 1. The summed E-state index contributed by atoms with van der Waals surface area (Å²) in [6.45, 7) is 12.6. The minimum absolute atomic E-state index is 0. The van der Waals surface area contributed by atoms with Crippen molar-refractivity contribution >= 4 is 48.2 Å². The first-order chi connectivity index (χ1) is 37.8. The van der Waals surface area contributed by atoms with Crippen molar-refractivity contribution in [3.05, 3.63) is 192 Å². The quantitative estimate of drug-likeness (QED) is 0.0616. The lowest BCUT2D eigenvalue weighted by Crippen LogP contribution is -2.45. The molecule has 0 spiro atoms. The van der Waals surface area contributed by atoms with Gasteiger partial charge in [0.05, 0.1) is 24.7 Å². The maximum atomic E-state index is 13.8. The van der Waals surface area contributed by atoms with E-state index in [1.165, 1.54) is 0 Å². The summed E-state index contributed by atoms with van der Waals surface area (Å²) in [5.41, 5.74) is 6.86. The highest BCUT2D eigenvalue weighted by Crippen LogP contribution is 2.28. The number of aliphatic carboxylic acids is 1. The molecule has 2 aliphatic rings. The number of carbonyl (C=O) groups excluding carboxylic acids is 5. The molecule has 2 heterocycles. The number of esters is 4. The molecule has 0 radical (unpaired) electrons. The topological polar surface area (TPSA) is 175 Å². The van der Waals surface area contributed by atoms with E-state index in [1.807, 2.05) is 191 Å². The molecular weight excluding hydrogens is 1030 g/mol. The normalized spacial score (nSPS) is 15.4. The molecule has 424 valence electrons. The van der Waals surface area contributed by atoms with Crippen molar-refractivity contribution < 1.29 is 52.8 Å². The van der Waals surface area contributed by atoms with E-state index in [4.69, 9.17) is 18.9 Å². The second-order valence-corrected chi connectivity index (χ2v) is 21.9. The summed E-state index contributed by atoms with van der Waals surface area (Å²) in [4.78, 5) is 76.2. The molecule has 0 aromatic heterocycles. The standard InChI is InChI=1S/C33H37NO5.C21H24O4.C12H15NO2.ClH/c1-33(2,3)39-30(35)22-28(21-24-16-18-27(19-17-24)26-13-8-5-9-14-26)31(36)34-20-10-15-29(34)32(37)38-23-25-11-6-4-7-12-25;1-21(2,3)25-19(22)14-18(20(23)24)13-15-9-11-17(12-10-15)16-7-5-4-6-8-16;14-12(11-7-4-8-13-11)15-9-10-5-2-1-3-6-10;/h4-9,11-14,16-19,28-29H,10,15,20-23H2,1-3H3;4-12,18H,13-14H2,1-3H3,(H,23,24);1-3,5-6,11,13H,4,7-9H2;1H/t28-,29+;18-;11-;/m110./s1. The number of likely N-dealkylation sites (tertiary alicyclic amines) is 1. The van der Waals surface area contributed by atoms with Gasteiger partial charge in [-0.1, -0.05) is 170 Å². The fraction of sp³-hybridized carbons (Fsp3) is 0.364. The summed E-state index contributed by atoms with van der Waals surface area (Å²) in [7, 11) is 0. The average Bonchev–Trinajstić information content (AvgIpc) is 4.17. The summed E-state index contributed by atoms with van der Waals surface area (Å²) in [6.07, 6.45) is 3.69. The van der Waals surface area contributed by atoms with Crippen LogP contribution in [0.1, 0.15) is 102 Å². The smallest absolute Gasteiger partial charge is 0.329 e. The van der Waals surface area contributed by atoms with E-state index in [0.29, 0.717) is 38.8 Å². The Bertz CT molecular complexity index is 2870. The molecule has 0 bridgehead atoms. The summed E-state index contributed by atoms with van der Waals surface area (Å²) >= 11 is 0. The van der Waals surface area contributed by atoms with Crippen molar-refractivity contribution in [2.45, 2.75) is 129 Å². The molecular formula is C66H77ClN2O11. The van der Waals surface area contributed by atoms with E-state index in [0.717, 1.165) is 63.9 Å². The van der Waals surface area contributed by atoms with E-state index < -0.39 is 53.0 Å². The van der Waals surface area contributed by atoms with Crippen LogP contribution in [0, 0.1) is 11.8 Å². The number of nitrogens with zero attached hydrogens (tertiary/aromatic N) is 1. The summed E-state index contributed by atoms with van der Waals surface area (Å²) in [5, 5.41) is 12.5. The van der Waals surface area contributed by atoms with Gasteiger partial charge < -0.3 is 34.3 Å². The Kier molecular flexibility index (Phi) is 24.7. The highest BCUT2D eigenvalue weighted by molar-refractivity contribution is 5.89. The minimum Gasteiger partial charge on any atom is -0.481 e. The third-order valence-corrected chi connectivity index (χ3v) is 13.1.